The number of carbonyl (C=O) groups excluding carboxylic acids is 1. The van der Waals surface area contributed by atoms with Crippen molar-refractivity contribution in [2.75, 3.05) is 13.7 Å². The lowest BCUT2D eigenvalue weighted by Gasteiger charge is -2.62. The second kappa shape index (κ2) is 9.14. The number of cyclic esters (lactones) is 1. The summed E-state index contributed by atoms with van der Waals surface area (Å²) in [6.07, 6.45) is 7.11. The van der Waals surface area contributed by atoms with Crippen LogP contribution in [0.2, 0.25) is 0 Å². The number of esters is 1. The van der Waals surface area contributed by atoms with Crippen molar-refractivity contribution in [3.8, 4) is 0 Å². The second-order valence-corrected chi connectivity index (χ2v) is 12.9. The Bertz CT molecular complexity index is 992. The Kier molecular flexibility index (Phi) is 6.41. The second-order valence-electron chi connectivity index (χ2n) is 12.9. The van der Waals surface area contributed by atoms with Crippen LogP contribution in [0.15, 0.2) is 23.5 Å². The van der Waals surface area contributed by atoms with Gasteiger partial charge < -0.3 is 34.3 Å². The highest BCUT2D eigenvalue weighted by molar-refractivity contribution is 5.76. The average Bonchev–Trinajstić information content (AvgIpc) is 3.40. The SMILES string of the molecule is CO[C@H]1CCO[C@@H](O[C@@H]2C=C3CC[C@@H]4[C@H](CC[C@]5(C)[C@@H](C6=COC(=O)C6)CC[C@]45O)[C@@]3(C)C[C@H]2O)[C@H]1O. The molecule has 6 rings (SSSR count). The molecule has 3 saturated carbocycles. The number of carbonyl (C=O) groups is 1. The lowest BCUT2D eigenvalue weighted by Crippen LogP contribution is -2.61. The van der Waals surface area contributed by atoms with Gasteiger partial charge in [-0.3, -0.25) is 4.79 Å². The van der Waals surface area contributed by atoms with E-state index in [1.54, 1.807) is 13.4 Å². The van der Waals surface area contributed by atoms with Crippen molar-refractivity contribution in [1.82, 2.24) is 0 Å². The van der Waals surface area contributed by atoms with Gasteiger partial charge in [0.15, 0.2) is 6.29 Å². The molecular weight excluding hydrogens is 476 g/mol. The predicted octanol–water partition coefficient (Wildman–Crippen LogP) is 2.99. The first-order chi connectivity index (χ1) is 17.6. The van der Waals surface area contributed by atoms with Crippen LogP contribution in [-0.4, -0.2) is 71.3 Å². The van der Waals surface area contributed by atoms with Crippen molar-refractivity contribution in [2.45, 2.75) is 108 Å². The highest BCUT2D eigenvalue weighted by atomic mass is 16.7. The van der Waals surface area contributed by atoms with Gasteiger partial charge in [-0.25, -0.2) is 0 Å². The fourth-order valence-electron chi connectivity index (χ4n) is 9.31. The summed E-state index contributed by atoms with van der Waals surface area (Å²) in [6.45, 7) is 4.92. The highest BCUT2D eigenvalue weighted by Gasteiger charge is 2.67. The Morgan fingerprint density at radius 3 is 2.62 bits per heavy atom. The van der Waals surface area contributed by atoms with E-state index in [4.69, 9.17) is 18.9 Å². The van der Waals surface area contributed by atoms with E-state index >= 15 is 0 Å². The molecule has 2 heterocycles. The maximum absolute atomic E-state index is 12.4. The summed E-state index contributed by atoms with van der Waals surface area (Å²) in [5.74, 6) is 0.388. The van der Waals surface area contributed by atoms with E-state index in [-0.39, 0.29) is 40.7 Å². The lowest BCUT2D eigenvalue weighted by molar-refractivity contribution is -0.268. The first-order valence-electron chi connectivity index (χ1n) is 14.1. The largest absolute Gasteiger partial charge is 0.434 e. The van der Waals surface area contributed by atoms with Gasteiger partial charge in [-0.1, -0.05) is 25.5 Å². The molecule has 1 saturated heterocycles. The standard InChI is InChI=1S/C29H42O8/c1-27-14-21(30)23(37-26-25(32)22(34-3)8-11-35-26)13-17(27)4-5-20-19(27)6-9-28(2)18(7-10-29(20,28)33)16-12-24(31)36-15-16/h13,15,18-23,25-26,30,32-33H,4-12,14H2,1-3H3/t18-,19+,20-,21-,22+,23-,25+,26+,27+,28-,29+/m1/s1. The fourth-order valence-corrected chi connectivity index (χ4v) is 9.31. The monoisotopic (exact) mass is 518 g/mol. The van der Waals surface area contributed by atoms with E-state index < -0.39 is 30.2 Å². The maximum Gasteiger partial charge on any atom is 0.314 e. The normalized spacial score (nSPS) is 51.5. The smallest absolute Gasteiger partial charge is 0.314 e. The third kappa shape index (κ3) is 3.81. The highest BCUT2D eigenvalue weighted by Crippen LogP contribution is 2.69. The third-order valence-corrected chi connectivity index (χ3v) is 11.4. The molecular formula is C29H42O8. The van der Waals surface area contributed by atoms with Crippen molar-refractivity contribution in [3.63, 3.8) is 0 Å². The first-order valence-corrected chi connectivity index (χ1v) is 14.1. The van der Waals surface area contributed by atoms with E-state index in [9.17, 15) is 20.1 Å². The van der Waals surface area contributed by atoms with E-state index in [1.807, 2.05) is 0 Å². The van der Waals surface area contributed by atoms with Crippen LogP contribution in [0.1, 0.15) is 71.6 Å². The number of allylic oxidation sites excluding steroid dienone is 1. The minimum atomic E-state index is -0.898. The minimum Gasteiger partial charge on any atom is -0.434 e. The molecule has 2 aliphatic heterocycles. The maximum atomic E-state index is 12.4. The van der Waals surface area contributed by atoms with Crippen molar-refractivity contribution < 1.29 is 39.1 Å². The average molecular weight is 519 g/mol. The molecule has 8 heteroatoms. The van der Waals surface area contributed by atoms with Gasteiger partial charge in [-0.2, -0.15) is 0 Å². The first kappa shape index (κ1) is 26.0. The topological polar surface area (TPSA) is 115 Å². The van der Waals surface area contributed by atoms with Crippen molar-refractivity contribution >= 4 is 5.97 Å². The molecule has 0 aromatic rings. The molecule has 206 valence electrons. The van der Waals surface area contributed by atoms with Crippen LogP contribution in [0, 0.1) is 28.6 Å². The quantitative estimate of drug-likeness (QED) is 0.384. The van der Waals surface area contributed by atoms with E-state index in [1.165, 1.54) is 5.57 Å². The van der Waals surface area contributed by atoms with Crippen LogP contribution in [0.4, 0.5) is 0 Å². The van der Waals surface area contributed by atoms with Gasteiger partial charge in [0.05, 0.1) is 37.1 Å². The molecule has 0 aromatic carbocycles. The summed E-state index contributed by atoms with van der Waals surface area (Å²) < 4.78 is 22.4. The van der Waals surface area contributed by atoms with E-state index in [0.717, 1.165) is 44.1 Å². The summed E-state index contributed by atoms with van der Waals surface area (Å²) >= 11 is 0. The number of aliphatic hydroxyl groups is 3. The van der Waals surface area contributed by atoms with Gasteiger partial charge in [0.2, 0.25) is 0 Å². The van der Waals surface area contributed by atoms with Crippen LogP contribution in [0.3, 0.4) is 0 Å². The predicted molar refractivity (Wildman–Crippen MR) is 133 cm³/mol. The Labute approximate surface area is 219 Å². The third-order valence-electron chi connectivity index (χ3n) is 11.4. The molecule has 4 aliphatic carbocycles. The summed E-state index contributed by atoms with van der Waals surface area (Å²) in [6, 6.07) is 0. The van der Waals surface area contributed by atoms with Gasteiger partial charge >= 0.3 is 5.97 Å². The molecule has 4 fully saturated rings. The van der Waals surface area contributed by atoms with Crippen molar-refractivity contribution in [2.24, 2.45) is 28.6 Å². The molecule has 6 aliphatic rings. The number of rotatable bonds is 4. The number of hydrogen-bond acceptors (Lipinski definition) is 8. The van der Waals surface area contributed by atoms with Crippen molar-refractivity contribution in [3.05, 3.63) is 23.5 Å². The van der Waals surface area contributed by atoms with Crippen LogP contribution in [-0.2, 0) is 23.7 Å². The molecule has 0 spiro atoms. The lowest BCUT2D eigenvalue weighted by atomic mass is 9.45. The number of hydrogen-bond donors (Lipinski definition) is 3. The molecule has 11 atom stereocenters. The molecule has 0 unspecified atom stereocenters. The number of aliphatic hydroxyl groups excluding tert-OH is 2. The Morgan fingerprint density at radius 1 is 1.08 bits per heavy atom. The Morgan fingerprint density at radius 2 is 1.89 bits per heavy atom. The van der Waals surface area contributed by atoms with Crippen LogP contribution in [0.5, 0.6) is 0 Å². The van der Waals surface area contributed by atoms with Gasteiger partial charge in [-0.05, 0) is 80.1 Å². The molecule has 3 N–H and O–H groups in total. The fraction of sp³-hybridized carbons (Fsp3) is 0.828. The van der Waals surface area contributed by atoms with Crippen LogP contribution in [0.25, 0.3) is 0 Å². The molecule has 8 nitrogen and oxygen atoms in total. The Hall–Kier alpha value is -1.29. The zero-order valence-corrected chi connectivity index (χ0v) is 22.2. The van der Waals surface area contributed by atoms with Crippen LogP contribution >= 0.6 is 0 Å². The summed E-state index contributed by atoms with van der Waals surface area (Å²) in [4.78, 5) is 11.8. The van der Waals surface area contributed by atoms with Gasteiger partial charge in [0.1, 0.15) is 12.2 Å². The number of methoxy groups -OCH3 is 1. The minimum absolute atomic E-state index is 0.146. The molecule has 0 aromatic heterocycles. The van der Waals surface area contributed by atoms with E-state index in [0.29, 0.717) is 25.9 Å². The zero-order valence-electron chi connectivity index (χ0n) is 22.2. The summed E-state index contributed by atoms with van der Waals surface area (Å²) in [7, 11) is 1.57. The van der Waals surface area contributed by atoms with Gasteiger partial charge in [0, 0.05) is 12.5 Å². The van der Waals surface area contributed by atoms with Crippen LogP contribution < -0.4 is 0 Å². The number of ether oxygens (including phenoxy) is 4. The van der Waals surface area contributed by atoms with E-state index in [2.05, 4.69) is 19.9 Å². The molecule has 37 heavy (non-hydrogen) atoms. The molecule has 0 bridgehead atoms. The Balaban J connectivity index is 1.23. The summed E-state index contributed by atoms with van der Waals surface area (Å²) in [5, 5.41) is 34.2. The summed E-state index contributed by atoms with van der Waals surface area (Å²) in [5.41, 5.74) is 1.04. The van der Waals surface area contributed by atoms with Gasteiger partial charge in [0.25, 0.3) is 0 Å². The van der Waals surface area contributed by atoms with Crippen molar-refractivity contribution in [1.29, 1.82) is 0 Å². The molecule has 0 amide bonds. The zero-order chi connectivity index (χ0) is 26.2. The number of fused-ring (bicyclic) bond motifs is 5. The molecule has 0 radical (unpaired) electrons. The van der Waals surface area contributed by atoms with Gasteiger partial charge in [-0.15, -0.1) is 0 Å².